The first-order valence-electron chi connectivity index (χ1n) is 24.6. The Hall–Kier alpha value is -2.84. The molecule has 0 saturated heterocycles. The summed E-state index contributed by atoms with van der Waals surface area (Å²) in [5.74, 6) is -0.337. The topological polar surface area (TPSA) is 91.3 Å². The van der Waals surface area contributed by atoms with Crippen molar-refractivity contribution in [2.75, 3.05) is 54.1 Å². The van der Waals surface area contributed by atoms with Gasteiger partial charge in [-0.25, -0.2) is 4.57 Å². The lowest BCUT2D eigenvalue weighted by molar-refractivity contribution is -0.870. The number of phosphoric acid groups is 1. The highest BCUT2D eigenvalue weighted by Gasteiger charge is 2.26. The van der Waals surface area contributed by atoms with Gasteiger partial charge in [0.2, 0.25) is 0 Å². The van der Waals surface area contributed by atoms with Gasteiger partial charge in [0.1, 0.15) is 19.3 Å². The predicted molar refractivity (Wildman–Crippen MR) is 270 cm³/mol. The number of ether oxygens (including phenoxy) is 2. The van der Waals surface area contributed by atoms with Gasteiger partial charge in [-0.05, 0) is 96.3 Å². The molecule has 0 aliphatic heterocycles. The monoisotopic (exact) mass is 899 g/mol. The molecule has 0 aliphatic carbocycles. The summed E-state index contributed by atoms with van der Waals surface area (Å²) < 4.78 is 35.1. The maximum Gasteiger partial charge on any atom is 0.472 e. The summed E-state index contributed by atoms with van der Waals surface area (Å²) in [6.45, 7) is 5.31. The van der Waals surface area contributed by atoms with Crippen LogP contribution in [0.5, 0.6) is 0 Å². The standard InChI is InChI=1S/C54H92NO7P/c1-6-8-10-12-14-16-18-20-22-24-26-27-28-29-30-31-33-35-37-39-41-43-45-47-54(56)62-53(52-61-63(57,58)60-50-48-55(3,4)5)51-59-49-46-44-42-40-38-36-34-32-25-23-21-19-17-15-13-11-9-7-2/h8-11,14-17,20-23,26-27,29-30,32,34,53H,6-7,12-13,18-19,24-25,28,31,33,35-52H2,1-5H3/p+1/b10-8-,11-9-,16-14-,17-15-,22-20-,23-21-,27-26-,30-29-,34-32-. The van der Waals surface area contributed by atoms with E-state index in [0.717, 1.165) is 116 Å². The highest BCUT2D eigenvalue weighted by Crippen LogP contribution is 2.43. The van der Waals surface area contributed by atoms with E-state index in [1.807, 2.05) is 21.1 Å². The van der Waals surface area contributed by atoms with Crippen LogP contribution in [0.3, 0.4) is 0 Å². The average molecular weight is 899 g/mol. The number of carbonyl (C=O) groups is 1. The van der Waals surface area contributed by atoms with Gasteiger partial charge >= 0.3 is 13.8 Å². The van der Waals surface area contributed by atoms with Crippen molar-refractivity contribution >= 4 is 13.8 Å². The quantitative estimate of drug-likeness (QED) is 0.0214. The van der Waals surface area contributed by atoms with Crippen molar-refractivity contribution in [1.29, 1.82) is 0 Å². The zero-order chi connectivity index (χ0) is 46.2. The van der Waals surface area contributed by atoms with Crippen LogP contribution in [0.2, 0.25) is 0 Å². The molecule has 0 aromatic rings. The van der Waals surface area contributed by atoms with Crippen LogP contribution in [0.1, 0.15) is 168 Å². The Morgan fingerprint density at radius 1 is 0.492 bits per heavy atom. The Balaban J connectivity index is 4.26. The molecule has 0 heterocycles. The fourth-order valence-corrected chi connectivity index (χ4v) is 6.84. The molecule has 0 aromatic heterocycles. The van der Waals surface area contributed by atoms with Gasteiger partial charge in [0.25, 0.3) is 0 Å². The zero-order valence-electron chi connectivity index (χ0n) is 40.8. The van der Waals surface area contributed by atoms with Crippen LogP contribution in [-0.4, -0.2) is 75.6 Å². The molecule has 0 bridgehead atoms. The van der Waals surface area contributed by atoms with Gasteiger partial charge < -0.3 is 18.9 Å². The normalized spacial score (nSPS) is 14.6. The third-order valence-electron chi connectivity index (χ3n) is 9.83. The molecule has 9 heteroatoms. The minimum absolute atomic E-state index is 0.0754. The molecular formula is C54H93NO7P+. The third-order valence-corrected chi connectivity index (χ3v) is 10.8. The molecule has 2 unspecified atom stereocenters. The second-order valence-corrected chi connectivity index (χ2v) is 18.5. The van der Waals surface area contributed by atoms with E-state index in [4.69, 9.17) is 18.5 Å². The van der Waals surface area contributed by atoms with Crippen LogP contribution in [0, 0.1) is 0 Å². The molecule has 0 spiro atoms. The van der Waals surface area contributed by atoms with Crippen LogP contribution in [-0.2, 0) is 27.9 Å². The van der Waals surface area contributed by atoms with Crippen molar-refractivity contribution in [3.05, 3.63) is 109 Å². The molecule has 0 aliphatic rings. The Morgan fingerprint density at radius 2 is 0.873 bits per heavy atom. The number of rotatable bonds is 44. The number of likely N-dealkylation sites (N-methyl/N-ethyl adjacent to an activating group) is 1. The second-order valence-electron chi connectivity index (χ2n) is 17.1. The number of quaternary nitrogens is 1. The fourth-order valence-electron chi connectivity index (χ4n) is 6.10. The van der Waals surface area contributed by atoms with Gasteiger partial charge in [-0.1, -0.05) is 175 Å². The molecule has 0 amide bonds. The molecule has 1 N–H and O–H groups in total. The van der Waals surface area contributed by atoms with Crippen LogP contribution in [0.15, 0.2) is 109 Å². The summed E-state index contributed by atoms with van der Waals surface area (Å²) in [7, 11) is 1.63. The maximum atomic E-state index is 12.8. The van der Waals surface area contributed by atoms with Crippen LogP contribution >= 0.6 is 7.82 Å². The first kappa shape index (κ1) is 60.2. The van der Waals surface area contributed by atoms with Gasteiger partial charge in [0.05, 0.1) is 34.4 Å². The average Bonchev–Trinajstić information content (AvgIpc) is 3.24. The molecule has 0 rings (SSSR count). The summed E-state index contributed by atoms with van der Waals surface area (Å²) in [5.41, 5.74) is 0. The van der Waals surface area contributed by atoms with Gasteiger partial charge in [-0.15, -0.1) is 0 Å². The predicted octanol–water partition coefficient (Wildman–Crippen LogP) is 15.2. The summed E-state index contributed by atoms with van der Waals surface area (Å²) in [4.78, 5) is 23.0. The Labute approximate surface area is 387 Å². The summed E-state index contributed by atoms with van der Waals surface area (Å²) in [5, 5.41) is 0. The third kappa shape index (κ3) is 50.0. The van der Waals surface area contributed by atoms with E-state index in [1.54, 1.807) is 0 Å². The Bertz CT molecular complexity index is 1370. The Kier molecular flexibility index (Phi) is 43.7. The van der Waals surface area contributed by atoms with Crippen molar-refractivity contribution in [3.8, 4) is 0 Å². The zero-order valence-corrected chi connectivity index (χ0v) is 41.7. The molecule has 0 saturated carbocycles. The smallest absolute Gasteiger partial charge is 0.457 e. The fraction of sp³-hybridized carbons (Fsp3) is 0.648. The minimum atomic E-state index is -4.30. The number of esters is 1. The molecule has 0 aromatic carbocycles. The van der Waals surface area contributed by atoms with E-state index < -0.39 is 13.9 Å². The molecule has 0 fully saturated rings. The van der Waals surface area contributed by atoms with E-state index in [-0.39, 0.29) is 25.8 Å². The molecule has 8 nitrogen and oxygen atoms in total. The van der Waals surface area contributed by atoms with Gasteiger partial charge in [-0.2, -0.15) is 0 Å². The minimum Gasteiger partial charge on any atom is -0.457 e. The number of hydrogen-bond donors (Lipinski definition) is 1. The molecule has 360 valence electrons. The summed E-state index contributed by atoms with van der Waals surface area (Å²) in [6.07, 6.45) is 64.1. The van der Waals surface area contributed by atoms with Gasteiger partial charge in [0.15, 0.2) is 0 Å². The largest absolute Gasteiger partial charge is 0.472 e. The van der Waals surface area contributed by atoms with E-state index in [2.05, 4.69) is 123 Å². The van der Waals surface area contributed by atoms with Crippen molar-refractivity contribution in [3.63, 3.8) is 0 Å². The van der Waals surface area contributed by atoms with Crippen molar-refractivity contribution in [1.82, 2.24) is 0 Å². The van der Waals surface area contributed by atoms with E-state index in [0.29, 0.717) is 24.1 Å². The van der Waals surface area contributed by atoms with E-state index in [9.17, 15) is 14.3 Å². The lowest BCUT2D eigenvalue weighted by Crippen LogP contribution is -2.37. The van der Waals surface area contributed by atoms with Crippen molar-refractivity contribution in [2.45, 2.75) is 174 Å². The lowest BCUT2D eigenvalue weighted by Gasteiger charge is -2.24. The first-order valence-corrected chi connectivity index (χ1v) is 26.1. The van der Waals surface area contributed by atoms with Crippen LogP contribution < -0.4 is 0 Å². The number of carbonyl (C=O) groups excluding carboxylic acids is 1. The first-order chi connectivity index (χ1) is 30.6. The SMILES string of the molecule is CC/C=C\C/C=C\C/C=C\C/C=C\C/C=C\CCCCCCCCCC(=O)OC(COCCCCCCC/C=C\C/C=C\C/C=C\C/C=C\CC)COP(=O)(O)OCC[N+](C)(C)C. The van der Waals surface area contributed by atoms with Gasteiger partial charge in [-0.3, -0.25) is 13.8 Å². The van der Waals surface area contributed by atoms with E-state index in [1.165, 1.54) is 32.1 Å². The van der Waals surface area contributed by atoms with Gasteiger partial charge in [0, 0.05) is 13.0 Å². The van der Waals surface area contributed by atoms with E-state index >= 15 is 0 Å². The Morgan fingerprint density at radius 3 is 1.30 bits per heavy atom. The lowest BCUT2D eigenvalue weighted by atomic mass is 10.1. The highest BCUT2D eigenvalue weighted by atomic mass is 31.2. The molecule has 0 radical (unpaired) electrons. The molecule has 2 atom stereocenters. The summed E-state index contributed by atoms with van der Waals surface area (Å²) in [6, 6.07) is 0. The molecule has 63 heavy (non-hydrogen) atoms. The number of unbranched alkanes of at least 4 members (excludes halogenated alkanes) is 12. The van der Waals surface area contributed by atoms with Crippen molar-refractivity contribution in [2.24, 2.45) is 0 Å². The highest BCUT2D eigenvalue weighted by molar-refractivity contribution is 7.47. The number of allylic oxidation sites excluding steroid dienone is 18. The second kappa shape index (κ2) is 45.7. The summed E-state index contributed by atoms with van der Waals surface area (Å²) >= 11 is 0. The van der Waals surface area contributed by atoms with Crippen LogP contribution in [0.4, 0.5) is 0 Å². The van der Waals surface area contributed by atoms with Crippen molar-refractivity contribution < 1.29 is 37.3 Å². The number of hydrogen-bond acceptors (Lipinski definition) is 6. The maximum absolute atomic E-state index is 12.8. The number of phosphoric ester groups is 1. The molecular weight excluding hydrogens is 806 g/mol. The number of nitrogens with zero attached hydrogens (tertiary/aromatic N) is 1. The van der Waals surface area contributed by atoms with Crippen LogP contribution in [0.25, 0.3) is 0 Å².